The first kappa shape index (κ1) is 22.8. The highest BCUT2D eigenvalue weighted by molar-refractivity contribution is 7.85. The zero-order chi connectivity index (χ0) is 23.1. The summed E-state index contributed by atoms with van der Waals surface area (Å²) in [6.07, 6.45) is 0. The number of hydrogen-bond donors (Lipinski definition) is 3. The van der Waals surface area contributed by atoms with Crippen molar-refractivity contribution in [3.63, 3.8) is 0 Å². The van der Waals surface area contributed by atoms with Crippen LogP contribution in [0.1, 0.15) is 6.92 Å². The summed E-state index contributed by atoms with van der Waals surface area (Å²) >= 11 is 0. The van der Waals surface area contributed by atoms with Crippen molar-refractivity contribution in [2.75, 3.05) is 41.3 Å². The number of azo groups is 1. The summed E-state index contributed by atoms with van der Waals surface area (Å²) in [5.74, 6) is 0.440. The number of benzene rings is 2. The Morgan fingerprint density at radius 1 is 0.938 bits per heavy atom. The van der Waals surface area contributed by atoms with Crippen LogP contribution in [-0.2, 0) is 10.1 Å². The molecule has 12 nitrogen and oxygen atoms in total. The van der Waals surface area contributed by atoms with E-state index in [0.29, 0.717) is 30.4 Å². The summed E-state index contributed by atoms with van der Waals surface area (Å²) in [6, 6.07) is 12.7. The number of nitrogens with one attached hydrogen (secondary N) is 1. The first-order valence-corrected chi connectivity index (χ1v) is 11.0. The maximum absolute atomic E-state index is 11.0. The van der Waals surface area contributed by atoms with Gasteiger partial charge in [-0.15, -0.1) is 0 Å². The zero-order valence-electron chi connectivity index (χ0n) is 17.2. The fraction of sp³-hybridized carbons (Fsp3) is 0.211. The second-order valence-electron chi connectivity index (χ2n) is 6.55. The van der Waals surface area contributed by atoms with Gasteiger partial charge in [0.15, 0.2) is 0 Å². The molecule has 168 valence electrons. The third-order valence-electron chi connectivity index (χ3n) is 4.34. The molecule has 0 aliphatic heterocycles. The Hall–Kier alpha value is -3.84. The molecule has 2 aromatic carbocycles. The SMILES string of the molecule is CCN(CCNc1nc(N)nc(N)n1)c1ccc(N=Nc2ccc(S(=O)(=O)[O-])cc2)cc1. The standard InChI is InChI=1S/C19H23N9O3S/c1-2-28(12-11-22-19-24-17(20)23-18(21)25-19)15-7-3-13(4-8-15)26-27-14-5-9-16(10-6-14)32(29,30)31/h3-10H,2,11-12H2,1H3,(H,29,30,31)(H5,20,21,22,23,24,25)/p-1. The molecule has 3 rings (SSSR count). The largest absolute Gasteiger partial charge is 0.744 e. The molecule has 0 unspecified atom stereocenters. The van der Waals surface area contributed by atoms with Gasteiger partial charge in [-0.05, 0) is 55.5 Å². The Balaban J connectivity index is 1.58. The molecule has 32 heavy (non-hydrogen) atoms. The van der Waals surface area contributed by atoms with Gasteiger partial charge >= 0.3 is 0 Å². The van der Waals surface area contributed by atoms with Gasteiger partial charge in [-0.2, -0.15) is 25.2 Å². The second kappa shape index (κ2) is 9.98. The van der Waals surface area contributed by atoms with E-state index in [-0.39, 0.29) is 16.8 Å². The van der Waals surface area contributed by atoms with Crippen LogP contribution in [0.4, 0.5) is 34.9 Å². The van der Waals surface area contributed by atoms with Crippen LogP contribution >= 0.6 is 0 Å². The number of likely N-dealkylation sites (N-methyl/N-ethyl adjacent to an activating group) is 1. The number of anilines is 4. The number of nitrogens with two attached hydrogens (primary N) is 2. The van der Waals surface area contributed by atoms with E-state index in [0.717, 1.165) is 12.2 Å². The predicted molar refractivity (Wildman–Crippen MR) is 120 cm³/mol. The third-order valence-corrected chi connectivity index (χ3v) is 5.19. The number of nitrogen functional groups attached to an aromatic ring is 2. The number of hydrogen-bond acceptors (Lipinski definition) is 12. The first-order chi connectivity index (χ1) is 15.2. The van der Waals surface area contributed by atoms with Crippen molar-refractivity contribution >= 4 is 45.0 Å². The van der Waals surface area contributed by atoms with Crippen molar-refractivity contribution in [1.82, 2.24) is 15.0 Å². The quantitative estimate of drug-likeness (QED) is 0.318. The van der Waals surface area contributed by atoms with Crippen LogP contribution in [-0.4, -0.2) is 47.6 Å². The molecule has 0 saturated carbocycles. The van der Waals surface area contributed by atoms with Crippen molar-refractivity contribution < 1.29 is 13.0 Å². The second-order valence-corrected chi connectivity index (χ2v) is 7.93. The molecule has 1 aromatic heterocycles. The molecule has 0 spiro atoms. The van der Waals surface area contributed by atoms with Crippen molar-refractivity contribution in [1.29, 1.82) is 0 Å². The van der Waals surface area contributed by atoms with Crippen molar-refractivity contribution in [3.05, 3.63) is 48.5 Å². The molecule has 0 bridgehead atoms. The van der Waals surface area contributed by atoms with Crippen LogP contribution in [0.5, 0.6) is 0 Å². The summed E-state index contributed by atoms with van der Waals surface area (Å²) in [5, 5.41) is 11.3. The average molecular weight is 457 g/mol. The zero-order valence-corrected chi connectivity index (χ0v) is 18.0. The molecule has 5 N–H and O–H groups in total. The maximum atomic E-state index is 11.0. The summed E-state index contributed by atoms with van der Waals surface area (Å²) in [6.45, 7) is 4.06. The van der Waals surface area contributed by atoms with Crippen molar-refractivity contribution in [2.24, 2.45) is 10.2 Å². The molecule has 0 saturated heterocycles. The van der Waals surface area contributed by atoms with Crippen LogP contribution < -0.4 is 21.7 Å². The molecule has 0 radical (unpaired) electrons. The van der Waals surface area contributed by atoms with E-state index in [4.69, 9.17) is 11.5 Å². The molecule has 0 aliphatic carbocycles. The van der Waals surface area contributed by atoms with Crippen LogP contribution in [0.15, 0.2) is 63.7 Å². The van der Waals surface area contributed by atoms with Crippen LogP contribution in [0.2, 0.25) is 0 Å². The van der Waals surface area contributed by atoms with Gasteiger partial charge in [0.1, 0.15) is 10.1 Å². The highest BCUT2D eigenvalue weighted by Crippen LogP contribution is 2.23. The Morgan fingerprint density at radius 3 is 1.97 bits per heavy atom. The highest BCUT2D eigenvalue weighted by Gasteiger charge is 2.06. The van der Waals surface area contributed by atoms with Crippen molar-refractivity contribution in [3.8, 4) is 0 Å². The lowest BCUT2D eigenvalue weighted by Crippen LogP contribution is -2.29. The Kier molecular flexibility index (Phi) is 7.12. The first-order valence-electron chi connectivity index (χ1n) is 9.58. The molecule has 1 heterocycles. The smallest absolute Gasteiger partial charge is 0.229 e. The van der Waals surface area contributed by atoms with Gasteiger partial charge in [-0.1, -0.05) is 0 Å². The van der Waals surface area contributed by atoms with E-state index in [9.17, 15) is 13.0 Å². The number of rotatable bonds is 9. The lowest BCUT2D eigenvalue weighted by atomic mass is 10.2. The molecular formula is C19H22N9O3S-. The summed E-state index contributed by atoms with van der Waals surface area (Å²) in [5.41, 5.74) is 13.2. The molecule has 13 heteroatoms. The third kappa shape index (κ3) is 6.33. The molecule has 0 amide bonds. The minimum Gasteiger partial charge on any atom is -0.744 e. The Morgan fingerprint density at radius 2 is 1.47 bits per heavy atom. The van der Waals surface area contributed by atoms with Crippen molar-refractivity contribution in [2.45, 2.75) is 11.8 Å². The topological polar surface area (TPSA) is 188 Å². The number of nitrogens with zero attached hydrogens (tertiary/aromatic N) is 6. The molecule has 0 aliphatic rings. The van der Waals surface area contributed by atoms with Crippen LogP contribution in [0.3, 0.4) is 0 Å². The van der Waals surface area contributed by atoms with E-state index in [1.807, 2.05) is 31.2 Å². The van der Waals surface area contributed by atoms with Gasteiger partial charge < -0.3 is 26.2 Å². The molecular weight excluding hydrogens is 434 g/mol. The molecule has 3 aromatic rings. The van der Waals surface area contributed by atoms with E-state index in [1.165, 1.54) is 24.3 Å². The van der Waals surface area contributed by atoms with Gasteiger partial charge in [0.2, 0.25) is 17.8 Å². The lowest BCUT2D eigenvalue weighted by molar-refractivity contribution is 0.463. The minimum atomic E-state index is -4.48. The average Bonchev–Trinajstić information content (AvgIpc) is 2.75. The lowest BCUT2D eigenvalue weighted by Gasteiger charge is -2.23. The molecule has 0 fully saturated rings. The highest BCUT2D eigenvalue weighted by atomic mass is 32.2. The van der Waals surface area contributed by atoms with Gasteiger partial charge in [0, 0.05) is 25.3 Å². The summed E-state index contributed by atoms with van der Waals surface area (Å²) in [7, 11) is -4.48. The fourth-order valence-electron chi connectivity index (χ4n) is 2.79. The van der Waals surface area contributed by atoms with Crippen LogP contribution in [0, 0.1) is 0 Å². The predicted octanol–water partition coefficient (Wildman–Crippen LogP) is 2.29. The van der Waals surface area contributed by atoms with E-state index in [1.54, 1.807) is 0 Å². The maximum Gasteiger partial charge on any atom is 0.229 e. The summed E-state index contributed by atoms with van der Waals surface area (Å²) < 4.78 is 32.9. The van der Waals surface area contributed by atoms with Gasteiger partial charge in [0.05, 0.1) is 16.3 Å². The Labute approximate surface area is 185 Å². The van der Waals surface area contributed by atoms with E-state index >= 15 is 0 Å². The fourth-order valence-corrected chi connectivity index (χ4v) is 3.26. The van der Waals surface area contributed by atoms with Crippen LogP contribution in [0.25, 0.3) is 0 Å². The minimum absolute atomic E-state index is 0.0588. The van der Waals surface area contributed by atoms with Gasteiger partial charge in [-0.3, -0.25) is 0 Å². The van der Waals surface area contributed by atoms with Gasteiger partial charge in [-0.25, -0.2) is 8.42 Å². The Bertz CT molecular complexity index is 1160. The van der Waals surface area contributed by atoms with Gasteiger partial charge in [0.25, 0.3) is 0 Å². The van der Waals surface area contributed by atoms with E-state index < -0.39 is 10.1 Å². The normalized spacial score (nSPS) is 11.6. The van der Waals surface area contributed by atoms with E-state index in [2.05, 4.69) is 35.4 Å². The number of aromatic nitrogens is 3. The monoisotopic (exact) mass is 456 g/mol. The molecule has 0 atom stereocenters. The summed E-state index contributed by atoms with van der Waals surface area (Å²) in [4.78, 5) is 13.5.